The summed E-state index contributed by atoms with van der Waals surface area (Å²) in [6.45, 7) is 5.46. The molecular formula is C14H14ClF3N2. The third-order valence-electron chi connectivity index (χ3n) is 3.10. The number of hydrogen-bond acceptors (Lipinski definition) is 1. The lowest BCUT2D eigenvalue weighted by Crippen LogP contribution is -2.16. The van der Waals surface area contributed by atoms with Gasteiger partial charge in [0.1, 0.15) is 0 Å². The summed E-state index contributed by atoms with van der Waals surface area (Å²) in [5.41, 5.74) is 2.14. The lowest BCUT2D eigenvalue weighted by molar-refractivity contribution is -0.143. The van der Waals surface area contributed by atoms with Crippen LogP contribution in [-0.4, -0.2) is 9.78 Å². The van der Waals surface area contributed by atoms with Crippen LogP contribution in [-0.2, 0) is 12.1 Å². The molecule has 1 heterocycles. The van der Waals surface area contributed by atoms with Gasteiger partial charge in [0, 0.05) is 5.56 Å². The van der Waals surface area contributed by atoms with Gasteiger partial charge >= 0.3 is 6.18 Å². The summed E-state index contributed by atoms with van der Waals surface area (Å²) in [6.07, 6.45) is -3.32. The second-order valence-electron chi connectivity index (χ2n) is 4.81. The fraction of sp³-hybridized carbons (Fsp3) is 0.357. The first-order chi connectivity index (χ1) is 9.25. The van der Waals surface area contributed by atoms with E-state index in [0.717, 1.165) is 21.4 Å². The highest BCUT2D eigenvalue weighted by atomic mass is 35.5. The molecule has 20 heavy (non-hydrogen) atoms. The minimum Gasteiger partial charge on any atom is -0.228 e. The lowest BCUT2D eigenvalue weighted by atomic mass is 10.0. The lowest BCUT2D eigenvalue weighted by Gasteiger charge is -2.16. The van der Waals surface area contributed by atoms with E-state index in [1.165, 1.54) is 6.20 Å². The van der Waals surface area contributed by atoms with Crippen LogP contribution in [0.25, 0.3) is 5.69 Å². The van der Waals surface area contributed by atoms with E-state index < -0.39 is 11.9 Å². The number of benzene rings is 1. The van der Waals surface area contributed by atoms with Crippen LogP contribution in [0.4, 0.5) is 13.2 Å². The first-order valence-corrected chi connectivity index (χ1v) is 6.57. The Bertz CT molecular complexity index is 621. The summed E-state index contributed by atoms with van der Waals surface area (Å²) in [7, 11) is 0. The zero-order valence-corrected chi connectivity index (χ0v) is 12.1. The molecule has 0 radical (unpaired) electrons. The molecular weight excluding hydrogens is 289 g/mol. The Morgan fingerprint density at radius 1 is 1.15 bits per heavy atom. The van der Waals surface area contributed by atoms with Gasteiger partial charge < -0.3 is 0 Å². The van der Waals surface area contributed by atoms with Crippen LogP contribution in [0.5, 0.6) is 0 Å². The van der Waals surface area contributed by atoms with Gasteiger partial charge in [0.25, 0.3) is 0 Å². The van der Waals surface area contributed by atoms with Gasteiger partial charge in [-0.05, 0) is 31.9 Å². The van der Waals surface area contributed by atoms with Crippen LogP contribution in [0.2, 0.25) is 0 Å². The minimum atomic E-state index is -4.50. The highest BCUT2D eigenvalue weighted by molar-refractivity contribution is 6.17. The quantitative estimate of drug-likeness (QED) is 0.744. The van der Waals surface area contributed by atoms with Crippen LogP contribution in [0.15, 0.2) is 18.3 Å². The Balaban J connectivity index is 2.75. The van der Waals surface area contributed by atoms with Gasteiger partial charge in [-0.2, -0.15) is 18.3 Å². The number of rotatable bonds is 2. The monoisotopic (exact) mass is 302 g/mol. The van der Waals surface area contributed by atoms with E-state index in [-0.39, 0.29) is 11.4 Å². The standard InChI is InChI=1S/C14H14ClF3N2/c1-8-4-9(2)12(10(3)5-8)20-13(14(16,17)18)11(6-15)7-19-20/h4-5,7H,6H2,1-3H3. The Morgan fingerprint density at radius 3 is 2.15 bits per heavy atom. The second kappa shape index (κ2) is 5.13. The van der Waals surface area contributed by atoms with Crippen LogP contribution in [0.3, 0.4) is 0 Å². The third-order valence-corrected chi connectivity index (χ3v) is 3.39. The zero-order chi connectivity index (χ0) is 15.1. The molecule has 0 saturated carbocycles. The first-order valence-electron chi connectivity index (χ1n) is 6.04. The Kier molecular flexibility index (Phi) is 3.82. The van der Waals surface area contributed by atoms with Crippen LogP contribution in [0, 0.1) is 20.8 Å². The van der Waals surface area contributed by atoms with Gasteiger partial charge in [-0.1, -0.05) is 17.7 Å². The van der Waals surface area contributed by atoms with Gasteiger partial charge in [-0.3, -0.25) is 0 Å². The van der Waals surface area contributed by atoms with Crippen molar-refractivity contribution in [2.45, 2.75) is 32.8 Å². The van der Waals surface area contributed by atoms with Crippen molar-refractivity contribution >= 4 is 11.6 Å². The van der Waals surface area contributed by atoms with Gasteiger partial charge in [0.2, 0.25) is 0 Å². The fourth-order valence-electron chi connectivity index (χ4n) is 2.46. The highest BCUT2D eigenvalue weighted by Gasteiger charge is 2.38. The largest absolute Gasteiger partial charge is 0.433 e. The van der Waals surface area contributed by atoms with Crippen LogP contribution >= 0.6 is 11.6 Å². The molecule has 0 amide bonds. The summed E-state index contributed by atoms with van der Waals surface area (Å²) in [4.78, 5) is 0. The molecule has 0 N–H and O–H groups in total. The van der Waals surface area contributed by atoms with Crippen molar-refractivity contribution in [1.82, 2.24) is 9.78 Å². The fourth-order valence-corrected chi connectivity index (χ4v) is 2.65. The van der Waals surface area contributed by atoms with Gasteiger partial charge in [-0.15, -0.1) is 11.6 Å². The molecule has 0 bridgehead atoms. The van der Waals surface area contributed by atoms with E-state index in [1.54, 1.807) is 13.8 Å². The molecule has 6 heteroatoms. The van der Waals surface area contributed by atoms with Crippen molar-refractivity contribution in [2.24, 2.45) is 0 Å². The van der Waals surface area contributed by atoms with Gasteiger partial charge in [-0.25, -0.2) is 4.68 Å². The summed E-state index contributed by atoms with van der Waals surface area (Å²) >= 11 is 5.59. The summed E-state index contributed by atoms with van der Waals surface area (Å²) in [5.74, 6) is -0.223. The molecule has 1 aromatic carbocycles. The summed E-state index contributed by atoms with van der Waals surface area (Å²) < 4.78 is 40.7. The van der Waals surface area contributed by atoms with E-state index in [1.807, 2.05) is 19.1 Å². The average Bonchev–Trinajstić information content (AvgIpc) is 2.70. The van der Waals surface area contributed by atoms with Gasteiger partial charge in [0.15, 0.2) is 5.69 Å². The molecule has 1 aromatic heterocycles. The molecule has 0 unspecified atom stereocenters. The second-order valence-corrected chi connectivity index (χ2v) is 5.08. The molecule has 2 rings (SSSR count). The number of nitrogens with zero attached hydrogens (tertiary/aromatic N) is 2. The molecule has 0 aliphatic carbocycles. The smallest absolute Gasteiger partial charge is 0.228 e. The van der Waals surface area contributed by atoms with Crippen molar-refractivity contribution in [3.05, 3.63) is 46.3 Å². The molecule has 0 aliphatic rings. The minimum absolute atomic E-state index is 0.0152. The van der Waals surface area contributed by atoms with E-state index in [9.17, 15) is 13.2 Å². The molecule has 0 aliphatic heterocycles. The predicted octanol–water partition coefficient (Wildman–Crippen LogP) is 4.56. The maximum Gasteiger partial charge on any atom is 0.433 e. The van der Waals surface area contributed by atoms with Crippen molar-refractivity contribution in [3.63, 3.8) is 0 Å². The predicted molar refractivity (Wildman–Crippen MR) is 72.3 cm³/mol. The van der Waals surface area contributed by atoms with E-state index in [2.05, 4.69) is 5.10 Å². The van der Waals surface area contributed by atoms with E-state index in [0.29, 0.717) is 5.69 Å². The number of hydrogen-bond donors (Lipinski definition) is 0. The van der Waals surface area contributed by atoms with Crippen molar-refractivity contribution < 1.29 is 13.2 Å². The number of aromatic nitrogens is 2. The zero-order valence-electron chi connectivity index (χ0n) is 11.3. The van der Waals surface area contributed by atoms with Gasteiger partial charge in [0.05, 0.1) is 17.8 Å². The topological polar surface area (TPSA) is 17.8 Å². The third kappa shape index (κ3) is 2.54. The number of aryl methyl sites for hydroxylation is 3. The maximum atomic E-state index is 13.2. The molecule has 0 spiro atoms. The Hall–Kier alpha value is -1.49. The molecule has 0 atom stereocenters. The number of halogens is 4. The maximum absolute atomic E-state index is 13.2. The molecule has 108 valence electrons. The molecule has 0 fully saturated rings. The normalized spacial score (nSPS) is 11.9. The highest BCUT2D eigenvalue weighted by Crippen LogP contribution is 2.35. The van der Waals surface area contributed by atoms with Crippen LogP contribution < -0.4 is 0 Å². The molecule has 2 nitrogen and oxygen atoms in total. The van der Waals surface area contributed by atoms with Crippen molar-refractivity contribution in [2.75, 3.05) is 0 Å². The SMILES string of the molecule is Cc1cc(C)c(-n2ncc(CCl)c2C(F)(F)F)c(C)c1. The van der Waals surface area contributed by atoms with Crippen molar-refractivity contribution in [1.29, 1.82) is 0 Å². The van der Waals surface area contributed by atoms with Crippen LogP contribution in [0.1, 0.15) is 27.9 Å². The van der Waals surface area contributed by atoms with E-state index in [4.69, 9.17) is 11.6 Å². The first kappa shape index (κ1) is 14.9. The number of alkyl halides is 4. The summed E-state index contributed by atoms with van der Waals surface area (Å²) in [6, 6.07) is 3.68. The average molecular weight is 303 g/mol. The molecule has 0 saturated heterocycles. The van der Waals surface area contributed by atoms with Crippen molar-refractivity contribution in [3.8, 4) is 5.69 Å². The van der Waals surface area contributed by atoms with E-state index >= 15 is 0 Å². The Morgan fingerprint density at radius 2 is 1.70 bits per heavy atom. The Labute approximate surface area is 120 Å². The summed E-state index contributed by atoms with van der Waals surface area (Å²) in [5, 5.41) is 3.89. The molecule has 2 aromatic rings.